The van der Waals surface area contributed by atoms with Crippen molar-refractivity contribution in [3.63, 3.8) is 0 Å². The second-order valence-corrected chi connectivity index (χ2v) is 4.19. The monoisotopic (exact) mass is 219 g/mol. The summed E-state index contributed by atoms with van der Waals surface area (Å²) in [6.07, 6.45) is 4.88. The van der Waals surface area contributed by atoms with Gasteiger partial charge in [-0.05, 0) is 31.4 Å². The summed E-state index contributed by atoms with van der Waals surface area (Å²) in [5.74, 6) is 1.47. The molecule has 1 unspecified atom stereocenters. The normalized spacial score (nSPS) is 14.3. The molecule has 0 aromatic carbocycles. The van der Waals surface area contributed by atoms with Crippen LogP contribution in [0, 0.1) is 0 Å². The van der Waals surface area contributed by atoms with Gasteiger partial charge in [-0.1, -0.05) is 12.1 Å². The number of amidine groups is 1. The lowest BCUT2D eigenvalue weighted by Gasteiger charge is -2.15. The molecule has 0 spiro atoms. The van der Waals surface area contributed by atoms with Gasteiger partial charge in [0, 0.05) is 12.5 Å². The van der Waals surface area contributed by atoms with Crippen molar-refractivity contribution in [3.05, 3.63) is 0 Å². The molecule has 4 N–H and O–H groups in total. The smallest absolute Gasteiger partial charge is 0.140 e. The molecule has 84 valence electrons. The van der Waals surface area contributed by atoms with Crippen molar-refractivity contribution in [2.75, 3.05) is 18.6 Å². The fraction of sp³-hybridized carbons (Fsp3) is 0.889. The minimum Gasteiger partial charge on any atom is -0.409 e. The van der Waals surface area contributed by atoms with E-state index in [1.54, 1.807) is 0 Å². The summed E-state index contributed by atoms with van der Waals surface area (Å²) in [5, 5.41) is 14.8. The first kappa shape index (κ1) is 13.6. The summed E-state index contributed by atoms with van der Waals surface area (Å²) in [6, 6.07) is 0.327. The molecule has 0 bridgehead atoms. The van der Waals surface area contributed by atoms with E-state index < -0.39 is 0 Å². The van der Waals surface area contributed by atoms with Crippen molar-refractivity contribution >= 4 is 17.6 Å². The lowest BCUT2D eigenvalue weighted by atomic mass is 10.1. The summed E-state index contributed by atoms with van der Waals surface area (Å²) < 4.78 is 0. The van der Waals surface area contributed by atoms with Crippen molar-refractivity contribution < 1.29 is 5.21 Å². The molecular weight excluding hydrogens is 198 g/mol. The Morgan fingerprint density at radius 2 is 2.36 bits per heavy atom. The fourth-order valence-electron chi connectivity index (χ4n) is 1.18. The number of nitrogens with one attached hydrogen (secondary N) is 1. The van der Waals surface area contributed by atoms with Crippen molar-refractivity contribution in [1.82, 2.24) is 5.32 Å². The molecule has 0 rings (SSSR count). The van der Waals surface area contributed by atoms with Crippen LogP contribution in [0.5, 0.6) is 0 Å². The van der Waals surface area contributed by atoms with Crippen LogP contribution >= 0.6 is 11.8 Å². The van der Waals surface area contributed by atoms with Crippen LogP contribution in [-0.4, -0.2) is 35.6 Å². The number of hydrogen-bond donors (Lipinski definition) is 3. The molecule has 0 aromatic heterocycles. The molecule has 0 aliphatic carbocycles. The van der Waals surface area contributed by atoms with Crippen molar-refractivity contribution in [3.8, 4) is 0 Å². The number of nitrogens with two attached hydrogens (primary N) is 1. The summed E-state index contributed by atoms with van der Waals surface area (Å²) in [5.41, 5.74) is 5.44. The Labute approximate surface area is 90.3 Å². The van der Waals surface area contributed by atoms with Crippen molar-refractivity contribution in [1.29, 1.82) is 0 Å². The number of thioether (sulfide) groups is 1. The van der Waals surface area contributed by atoms with Crippen LogP contribution in [0.25, 0.3) is 0 Å². The topological polar surface area (TPSA) is 70.6 Å². The highest BCUT2D eigenvalue weighted by molar-refractivity contribution is 7.98. The molecule has 0 aliphatic heterocycles. The third-order valence-electron chi connectivity index (χ3n) is 2.04. The molecule has 0 aromatic rings. The average Bonchev–Trinajstić information content (AvgIpc) is 2.22. The maximum absolute atomic E-state index is 8.42. The van der Waals surface area contributed by atoms with E-state index in [1.165, 1.54) is 5.75 Å². The predicted octanol–water partition coefficient (Wildman–Crippen LogP) is 1.24. The molecule has 0 saturated carbocycles. The second kappa shape index (κ2) is 9.15. The van der Waals surface area contributed by atoms with Crippen molar-refractivity contribution in [2.24, 2.45) is 10.9 Å². The zero-order valence-corrected chi connectivity index (χ0v) is 9.81. The Bertz CT molecular complexity index is 164. The van der Waals surface area contributed by atoms with Crippen LogP contribution in [-0.2, 0) is 0 Å². The third kappa shape index (κ3) is 7.03. The van der Waals surface area contributed by atoms with Gasteiger partial charge in [-0.15, -0.1) is 0 Å². The molecule has 0 fully saturated rings. The van der Waals surface area contributed by atoms with Crippen LogP contribution in [0.4, 0.5) is 0 Å². The molecule has 0 amide bonds. The van der Waals surface area contributed by atoms with Gasteiger partial charge in [-0.25, -0.2) is 0 Å². The van der Waals surface area contributed by atoms with Gasteiger partial charge in [0.15, 0.2) is 0 Å². The summed E-state index contributed by atoms with van der Waals surface area (Å²) in [7, 11) is 0. The minimum absolute atomic E-state index is 0.300. The second-order valence-electron chi connectivity index (χ2n) is 3.20. The first-order valence-electron chi connectivity index (χ1n) is 4.93. The molecule has 1 atom stereocenters. The number of rotatable bonds is 8. The molecule has 4 nitrogen and oxygen atoms in total. The van der Waals surface area contributed by atoms with E-state index in [1.807, 2.05) is 11.8 Å². The molecule has 0 radical (unpaired) electrons. The van der Waals surface area contributed by atoms with Crippen LogP contribution in [0.15, 0.2) is 5.16 Å². The van der Waals surface area contributed by atoms with Crippen LogP contribution in [0.2, 0.25) is 0 Å². The van der Waals surface area contributed by atoms with E-state index in [0.717, 1.165) is 19.4 Å². The van der Waals surface area contributed by atoms with Crippen molar-refractivity contribution in [2.45, 2.75) is 32.2 Å². The van der Waals surface area contributed by atoms with E-state index in [-0.39, 0.29) is 0 Å². The van der Waals surface area contributed by atoms with Gasteiger partial charge in [0.25, 0.3) is 0 Å². The largest absolute Gasteiger partial charge is 0.409 e. The first-order valence-corrected chi connectivity index (χ1v) is 6.32. The van der Waals surface area contributed by atoms with E-state index >= 15 is 0 Å². The minimum atomic E-state index is 0.300. The summed E-state index contributed by atoms with van der Waals surface area (Å²) >= 11 is 1.85. The lowest BCUT2D eigenvalue weighted by Crippen LogP contribution is -2.33. The SMILES string of the molecule is CCC(CC(N)=NO)NCCCSC. The number of nitrogens with zero attached hydrogens (tertiary/aromatic N) is 1. The fourth-order valence-corrected chi connectivity index (χ4v) is 1.61. The highest BCUT2D eigenvalue weighted by atomic mass is 32.2. The third-order valence-corrected chi connectivity index (χ3v) is 2.73. The van der Waals surface area contributed by atoms with E-state index in [4.69, 9.17) is 10.9 Å². The van der Waals surface area contributed by atoms with Gasteiger partial charge in [0.1, 0.15) is 5.84 Å². The van der Waals surface area contributed by atoms with E-state index in [2.05, 4.69) is 23.7 Å². The molecular formula is C9H21N3OS. The zero-order chi connectivity index (χ0) is 10.8. The van der Waals surface area contributed by atoms with Crippen LogP contribution in [0.1, 0.15) is 26.2 Å². The Kier molecular flexibility index (Phi) is 8.87. The highest BCUT2D eigenvalue weighted by Gasteiger charge is 2.07. The van der Waals surface area contributed by atoms with Gasteiger partial charge < -0.3 is 16.3 Å². The van der Waals surface area contributed by atoms with Gasteiger partial charge in [0.05, 0.1) is 0 Å². The number of hydrogen-bond acceptors (Lipinski definition) is 4. The Morgan fingerprint density at radius 1 is 1.64 bits per heavy atom. The lowest BCUT2D eigenvalue weighted by molar-refractivity contribution is 0.315. The highest BCUT2D eigenvalue weighted by Crippen LogP contribution is 1.99. The Hall–Kier alpha value is -0.420. The molecule has 0 saturated heterocycles. The summed E-state index contributed by atoms with van der Waals surface area (Å²) in [4.78, 5) is 0. The molecule has 5 heteroatoms. The number of oxime groups is 1. The van der Waals surface area contributed by atoms with E-state index in [0.29, 0.717) is 18.3 Å². The maximum Gasteiger partial charge on any atom is 0.140 e. The maximum atomic E-state index is 8.42. The van der Waals surface area contributed by atoms with Crippen LogP contribution < -0.4 is 11.1 Å². The van der Waals surface area contributed by atoms with E-state index in [9.17, 15) is 0 Å². The van der Waals surface area contributed by atoms with Gasteiger partial charge in [-0.2, -0.15) is 11.8 Å². The van der Waals surface area contributed by atoms with Crippen LogP contribution in [0.3, 0.4) is 0 Å². The predicted molar refractivity (Wildman–Crippen MR) is 63.1 cm³/mol. The molecule has 0 heterocycles. The Morgan fingerprint density at radius 3 is 2.86 bits per heavy atom. The zero-order valence-electron chi connectivity index (χ0n) is 8.99. The summed E-state index contributed by atoms with van der Waals surface area (Å²) in [6.45, 7) is 3.09. The average molecular weight is 219 g/mol. The van der Waals surface area contributed by atoms with Gasteiger partial charge >= 0.3 is 0 Å². The van der Waals surface area contributed by atoms with Gasteiger partial charge in [-0.3, -0.25) is 0 Å². The Balaban J connectivity index is 3.58. The molecule has 14 heavy (non-hydrogen) atoms. The standard InChI is InChI=1S/C9H21N3OS/c1-3-8(7-9(10)12-13)11-5-4-6-14-2/h8,11,13H,3-7H2,1-2H3,(H2,10,12). The first-order chi connectivity index (χ1) is 6.74. The quantitative estimate of drug-likeness (QED) is 0.189. The van der Waals surface area contributed by atoms with Gasteiger partial charge in [0.2, 0.25) is 0 Å². The molecule has 0 aliphatic rings.